The molecule has 0 heterocycles. The molecule has 0 amide bonds. The Morgan fingerprint density at radius 3 is 2.12 bits per heavy atom. The SMILES string of the molecule is COc1cc(OC)c(OC)cc1CNS(=O)(=O)c1ccc(Br)c(C)c1. The van der Waals surface area contributed by atoms with Gasteiger partial charge in [0, 0.05) is 22.6 Å². The van der Waals surface area contributed by atoms with E-state index in [9.17, 15) is 8.42 Å². The van der Waals surface area contributed by atoms with E-state index in [1.807, 2.05) is 6.92 Å². The summed E-state index contributed by atoms with van der Waals surface area (Å²) in [6.45, 7) is 1.89. The first-order valence-corrected chi connectivity index (χ1v) is 9.64. The molecule has 2 aromatic rings. The summed E-state index contributed by atoms with van der Waals surface area (Å²) in [6, 6.07) is 8.21. The zero-order valence-corrected chi connectivity index (χ0v) is 16.8. The zero-order valence-electron chi connectivity index (χ0n) is 14.4. The van der Waals surface area contributed by atoms with Gasteiger partial charge in [-0.3, -0.25) is 0 Å². The van der Waals surface area contributed by atoms with Gasteiger partial charge in [0.25, 0.3) is 0 Å². The Balaban J connectivity index is 2.29. The lowest BCUT2D eigenvalue weighted by atomic mass is 10.1. The summed E-state index contributed by atoms with van der Waals surface area (Å²) in [6.07, 6.45) is 0. The van der Waals surface area contributed by atoms with Gasteiger partial charge in [0.05, 0.1) is 26.2 Å². The summed E-state index contributed by atoms with van der Waals surface area (Å²) in [7, 11) is 0.895. The summed E-state index contributed by atoms with van der Waals surface area (Å²) in [4.78, 5) is 0.202. The molecule has 0 saturated carbocycles. The van der Waals surface area contributed by atoms with Crippen molar-refractivity contribution in [1.29, 1.82) is 0 Å². The number of sulfonamides is 1. The summed E-state index contributed by atoms with van der Waals surface area (Å²) >= 11 is 3.36. The lowest BCUT2D eigenvalue weighted by Crippen LogP contribution is -2.23. The van der Waals surface area contributed by atoms with E-state index in [2.05, 4.69) is 20.7 Å². The highest BCUT2D eigenvalue weighted by molar-refractivity contribution is 9.10. The zero-order chi connectivity index (χ0) is 18.6. The number of nitrogens with one attached hydrogen (secondary N) is 1. The molecule has 2 rings (SSSR count). The molecule has 6 nitrogen and oxygen atoms in total. The lowest BCUT2D eigenvalue weighted by molar-refractivity contribution is 0.347. The second kappa shape index (κ2) is 8.07. The van der Waals surface area contributed by atoms with Crippen LogP contribution in [0, 0.1) is 6.92 Å². The molecule has 0 atom stereocenters. The first-order valence-electron chi connectivity index (χ1n) is 7.37. The van der Waals surface area contributed by atoms with Gasteiger partial charge < -0.3 is 14.2 Å². The summed E-state index contributed by atoms with van der Waals surface area (Å²) < 4.78 is 44.3. The van der Waals surface area contributed by atoms with Crippen molar-refractivity contribution in [2.24, 2.45) is 0 Å². The maximum absolute atomic E-state index is 12.5. The number of aryl methyl sites for hydroxylation is 1. The molecule has 0 radical (unpaired) electrons. The average Bonchev–Trinajstić information content (AvgIpc) is 2.61. The van der Waals surface area contributed by atoms with Gasteiger partial charge in [0.1, 0.15) is 5.75 Å². The fraction of sp³-hybridized carbons (Fsp3) is 0.294. The maximum Gasteiger partial charge on any atom is 0.240 e. The molecule has 2 aromatic carbocycles. The second-order valence-corrected chi connectivity index (χ2v) is 7.88. The van der Waals surface area contributed by atoms with E-state index in [1.165, 1.54) is 21.3 Å². The minimum atomic E-state index is -3.66. The first kappa shape index (κ1) is 19.6. The first-order chi connectivity index (χ1) is 11.8. The molecule has 0 aliphatic heterocycles. The molecule has 0 aliphatic carbocycles. The predicted molar refractivity (Wildman–Crippen MR) is 99.0 cm³/mol. The molecule has 0 saturated heterocycles. The molecule has 1 N–H and O–H groups in total. The molecule has 136 valence electrons. The Morgan fingerprint density at radius 2 is 1.56 bits per heavy atom. The van der Waals surface area contributed by atoms with Gasteiger partial charge in [-0.25, -0.2) is 13.1 Å². The summed E-state index contributed by atoms with van der Waals surface area (Å²) in [5.41, 5.74) is 1.48. The quantitative estimate of drug-likeness (QED) is 0.730. The summed E-state index contributed by atoms with van der Waals surface area (Å²) in [5, 5.41) is 0. The highest BCUT2D eigenvalue weighted by atomic mass is 79.9. The van der Waals surface area contributed by atoms with Crippen molar-refractivity contribution in [3.8, 4) is 17.2 Å². The number of hydrogen-bond acceptors (Lipinski definition) is 5. The maximum atomic E-state index is 12.5. The number of benzene rings is 2. The molecule has 0 aliphatic rings. The highest BCUT2D eigenvalue weighted by Crippen LogP contribution is 2.34. The van der Waals surface area contributed by atoms with Crippen molar-refractivity contribution in [1.82, 2.24) is 4.72 Å². The molecule has 25 heavy (non-hydrogen) atoms. The monoisotopic (exact) mass is 429 g/mol. The Hall–Kier alpha value is -1.77. The van der Waals surface area contributed by atoms with E-state index >= 15 is 0 Å². The molecule has 0 bridgehead atoms. The van der Waals surface area contributed by atoms with Crippen molar-refractivity contribution in [3.63, 3.8) is 0 Å². The van der Waals surface area contributed by atoms with E-state index in [0.29, 0.717) is 22.8 Å². The van der Waals surface area contributed by atoms with Crippen LogP contribution in [0.1, 0.15) is 11.1 Å². The normalized spacial score (nSPS) is 11.2. The molecular formula is C17H20BrNO5S. The van der Waals surface area contributed by atoms with Crippen molar-refractivity contribution < 1.29 is 22.6 Å². The molecule has 0 spiro atoms. The number of hydrogen-bond donors (Lipinski definition) is 1. The Kier molecular flexibility index (Phi) is 6.31. The van der Waals surface area contributed by atoms with E-state index in [4.69, 9.17) is 14.2 Å². The van der Waals surface area contributed by atoms with Crippen molar-refractivity contribution in [2.45, 2.75) is 18.4 Å². The topological polar surface area (TPSA) is 73.9 Å². The third-order valence-corrected chi connectivity index (χ3v) is 5.97. The van der Waals surface area contributed by atoms with Gasteiger partial charge >= 0.3 is 0 Å². The van der Waals surface area contributed by atoms with Crippen LogP contribution in [-0.2, 0) is 16.6 Å². The van der Waals surface area contributed by atoms with E-state index in [1.54, 1.807) is 30.3 Å². The van der Waals surface area contributed by atoms with Crippen LogP contribution in [0.4, 0.5) is 0 Å². The average molecular weight is 430 g/mol. The second-order valence-electron chi connectivity index (χ2n) is 5.25. The van der Waals surface area contributed by atoms with E-state index in [0.717, 1.165) is 10.0 Å². The van der Waals surface area contributed by atoms with Gasteiger partial charge in [0.15, 0.2) is 11.5 Å². The minimum Gasteiger partial charge on any atom is -0.496 e. The molecule has 0 aromatic heterocycles. The fourth-order valence-electron chi connectivity index (χ4n) is 2.27. The molecule has 8 heteroatoms. The molecule has 0 fully saturated rings. The third-order valence-electron chi connectivity index (χ3n) is 3.68. The van der Waals surface area contributed by atoms with Crippen LogP contribution in [0.5, 0.6) is 17.2 Å². The van der Waals surface area contributed by atoms with Crippen LogP contribution in [-0.4, -0.2) is 29.7 Å². The van der Waals surface area contributed by atoms with Gasteiger partial charge in [-0.05, 0) is 36.8 Å². The Morgan fingerprint density at radius 1 is 0.960 bits per heavy atom. The smallest absolute Gasteiger partial charge is 0.240 e. The van der Waals surface area contributed by atoms with Crippen molar-refractivity contribution >= 4 is 26.0 Å². The van der Waals surface area contributed by atoms with Crippen LogP contribution in [0.25, 0.3) is 0 Å². The van der Waals surface area contributed by atoms with Gasteiger partial charge in [-0.2, -0.15) is 0 Å². The Labute approximate surface area is 156 Å². The number of halogens is 1. The summed E-state index contributed by atoms with van der Waals surface area (Å²) in [5.74, 6) is 1.51. The number of ether oxygens (including phenoxy) is 3. The van der Waals surface area contributed by atoms with Crippen molar-refractivity contribution in [3.05, 3.63) is 45.9 Å². The van der Waals surface area contributed by atoms with Crippen LogP contribution in [0.2, 0.25) is 0 Å². The van der Waals surface area contributed by atoms with E-state index in [-0.39, 0.29) is 11.4 Å². The van der Waals surface area contributed by atoms with Crippen molar-refractivity contribution in [2.75, 3.05) is 21.3 Å². The van der Waals surface area contributed by atoms with Gasteiger partial charge in [0.2, 0.25) is 10.0 Å². The van der Waals surface area contributed by atoms with Crippen LogP contribution in [0.15, 0.2) is 39.7 Å². The standard InChI is InChI=1S/C17H20BrNO5S/c1-11-7-13(5-6-14(11)18)25(20,21)19-10-12-8-16(23-3)17(24-4)9-15(12)22-2/h5-9,19H,10H2,1-4H3. The Bertz CT molecular complexity index is 868. The fourth-order valence-corrected chi connectivity index (χ4v) is 3.61. The van der Waals surface area contributed by atoms with Crippen LogP contribution in [0.3, 0.4) is 0 Å². The lowest BCUT2D eigenvalue weighted by Gasteiger charge is -2.15. The number of methoxy groups -OCH3 is 3. The number of rotatable bonds is 7. The highest BCUT2D eigenvalue weighted by Gasteiger charge is 2.17. The predicted octanol–water partition coefficient (Wildman–Crippen LogP) is 3.26. The van der Waals surface area contributed by atoms with E-state index < -0.39 is 10.0 Å². The largest absolute Gasteiger partial charge is 0.496 e. The molecular weight excluding hydrogens is 410 g/mol. The van der Waals surface area contributed by atoms with Crippen LogP contribution < -0.4 is 18.9 Å². The third kappa shape index (κ3) is 4.45. The molecule has 0 unspecified atom stereocenters. The van der Waals surface area contributed by atoms with Crippen LogP contribution >= 0.6 is 15.9 Å². The minimum absolute atomic E-state index is 0.0565. The van der Waals surface area contributed by atoms with Gasteiger partial charge in [-0.15, -0.1) is 0 Å². The van der Waals surface area contributed by atoms with Gasteiger partial charge in [-0.1, -0.05) is 15.9 Å².